The Morgan fingerprint density at radius 3 is 2.54 bits per heavy atom. The van der Waals surface area contributed by atoms with Gasteiger partial charge in [0.1, 0.15) is 0 Å². The molecule has 8 heteroatoms. The van der Waals surface area contributed by atoms with Crippen LogP contribution in [0.4, 0.5) is 10.5 Å². The van der Waals surface area contributed by atoms with E-state index in [2.05, 4.69) is 10.6 Å². The van der Waals surface area contributed by atoms with E-state index in [1.807, 2.05) is 0 Å². The molecule has 26 heavy (non-hydrogen) atoms. The highest BCUT2D eigenvalue weighted by Crippen LogP contribution is 2.31. The molecule has 1 atom stereocenters. The van der Waals surface area contributed by atoms with Gasteiger partial charge in [0.2, 0.25) is 0 Å². The second kappa shape index (κ2) is 6.97. The average Bonchev–Trinajstić information content (AvgIpc) is 2.61. The third kappa shape index (κ3) is 3.43. The SMILES string of the molecule is CC1=C(C(=O)c2ccc(Cl)cc2)[C@@H](c2cccc([N+](=O)[O-])c2)NC(=O)N1. The first-order chi connectivity index (χ1) is 12.4. The van der Waals surface area contributed by atoms with Crippen LogP contribution in [0.2, 0.25) is 5.02 Å². The van der Waals surface area contributed by atoms with E-state index >= 15 is 0 Å². The van der Waals surface area contributed by atoms with Crippen molar-refractivity contribution in [3.8, 4) is 0 Å². The van der Waals surface area contributed by atoms with E-state index in [0.29, 0.717) is 27.4 Å². The zero-order chi connectivity index (χ0) is 18.8. The van der Waals surface area contributed by atoms with Crippen molar-refractivity contribution >= 4 is 29.1 Å². The third-order valence-electron chi connectivity index (χ3n) is 4.03. The number of nitrogens with one attached hydrogen (secondary N) is 2. The summed E-state index contributed by atoms with van der Waals surface area (Å²) >= 11 is 5.87. The fourth-order valence-electron chi connectivity index (χ4n) is 2.82. The molecule has 0 bridgehead atoms. The lowest BCUT2D eigenvalue weighted by molar-refractivity contribution is -0.384. The third-order valence-corrected chi connectivity index (χ3v) is 4.29. The van der Waals surface area contributed by atoms with Crippen LogP contribution in [0, 0.1) is 10.1 Å². The number of hydrogen-bond donors (Lipinski definition) is 2. The van der Waals surface area contributed by atoms with E-state index in [-0.39, 0.29) is 11.5 Å². The van der Waals surface area contributed by atoms with Crippen LogP contribution in [-0.2, 0) is 0 Å². The minimum atomic E-state index is -0.799. The maximum Gasteiger partial charge on any atom is 0.319 e. The first-order valence-electron chi connectivity index (χ1n) is 7.69. The summed E-state index contributed by atoms with van der Waals surface area (Å²) in [7, 11) is 0. The predicted octanol–water partition coefficient (Wildman–Crippen LogP) is 3.76. The Bertz CT molecular complexity index is 938. The molecule has 1 aliphatic rings. The van der Waals surface area contributed by atoms with Crippen LogP contribution in [0.25, 0.3) is 0 Å². The van der Waals surface area contributed by atoms with Crippen LogP contribution in [0.1, 0.15) is 28.9 Å². The van der Waals surface area contributed by atoms with Crippen molar-refractivity contribution < 1.29 is 14.5 Å². The van der Waals surface area contributed by atoms with Gasteiger partial charge in [0.25, 0.3) is 5.69 Å². The van der Waals surface area contributed by atoms with Gasteiger partial charge in [-0.05, 0) is 36.8 Å². The smallest absolute Gasteiger partial charge is 0.319 e. The highest BCUT2D eigenvalue weighted by atomic mass is 35.5. The van der Waals surface area contributed by atoms with Crippen LogP contribution < -0.4 is 10.6 Å². The molecular weight excluding hydrogens is 358 g/mol. The number of allylic oxidation sites excluding steroid dienone is 1. The molecule has 0 aromatic heterocycles. The Kier molecular flexibility index (Phi) is 4.73. The Balaban J connectivity index is 2.07. The maximum absolute atomic E-state index is 13.0. The summed E-state index contributed by atoms with van der Waals surface area (Å²) in [6.07, 6.45) is 0. The molecule has 1 heterocycles. The maximum atomic E-state index is 13.0. The number of carbonyl (C=O) groups excluding carboxylic acids is 2. The van der Waals surface area contributed by atoms with Gasteiger partial charge in [0, 0.05) is 34.0 Å². The number of rotatable bonds is 4. The predicted molar refractivity (Wildman–Crippen MR) is 96.0 cm³/mol. The second-order valence-corrected chi connectivity index (χ2v) is 6.19. The number of nitro benzene ring substituents is 1. The van der Waals surface area contributed by atoms with Crippen molar-refractivity contribution in [3.63, 3.8) is 0 Å². The Labute approximate surface area is 153 Å². The van der Waals surface area contributed by atoms with Gasteiger partial charge < -0.3 is 10.6 Å². The van der Waals surface area contributed by atoms with Gasteiger partial charge in [-0.3, -0.25) is 14.9 Å². The molecular formula is C18H14ClN3O4. The number of hydrogen-bond acceptors (Lipinski definition) is 4. The van der Waals surface area contributed by atoms with Gasteiger partial charge in [-0.15, -0.1) is 0 Å². The number of halogens is 1. The Hall–Kier alpha value is -3.19. The summed E-state index contributed by atoms with van der Waals surface area (Å²) in [5, 5.41) is 16.8. The molecule has 2 aromatic carbocycles. The summed E-state index contributed by atoms with van der Waals surface area (Å²) < 4.78 is 0. The summed E-state index contributed by atoms with van der Waals surface area (Å²) in [6, 6.07) is 10.9. The van der Waals surface area contributed by atoms with Crippen molar-refractivity contribution in [1.82, 2.24) is 10.6 Å². The van der Waals surface area contributed by atoms with E-state index in [1.54, 1.807) is 37.3 Å². The fourth-order valence-corrected chi connectivity index (χ4v) is 2.95. The van der Waals surface area contributed by atoms with Crippen LogP contribution in [0.3, 0.4) is 0 Å². The van der Waals surface area contributed by atoms with Crippen LogP contribution in [-0.4, -0.2) is 16.7 Å². The number of nitro groups is 1. The number of carbonyl (C=O) groups is 2. The van der Waals surface area contributed by atoms with Gasteiger partial charge in [0.05, 0.1) is 11.0 Å². The molecule has 3 rings (SSSR count). The van der Waals surface area contributed by atoms with E-state index in [1.165, 1.54) is 18.2 Å². The van der Waals surface area contributed by atoms with E-state index < -0.39 is 17.0 Å². The number of nitrogens with zero attached hydrogens (tertiary/aromatic N) is 1. The van der Waals surface area contributed by atoms with E-state index in [0.717, 1.165) is 0 Å². The monoisotopic (exact) mass is 371 g/mol. The number of ketones is 1. The number of benzene rings is 2. The molecule has 0 unspecified atom stereocenters. The highest BCUT2D eigenvalue weighted by Gasteiger charge is 2.32. The highest BCUT2D eigenvalue weighted by molar-refractivity contribution is 6.30. The lowest BCUT2D eigenvalue weighted by Gasteiger charge is -2.28. The molecule has 0 saturated carbocycles. The normalized spacial score (nSPS) is 16.7. The molecule has 2 amide bonds. The van der Waals surface area contributed by atoms with E-state index in [4.69, 9.17) is 11.6 Å². The lowest BCUT2D eigenvalue weighted by Crippen LogP contribution is -2.45. The molecule has 0 aliphatic carbocycles. The van der Waals surface area contributed by atoms with Gasteiger partial charge in [0.15, 0.2) is 5.78 Å². The molecule has 0 radical (unpaired) electrons. The van der Waals surface area contributed by atoms with Gasteiger partial charge in [-0.25, -0.2) is 4.79 Å². The molecule has 0 spiro atoms. The van der Waals surface area contributed by atoms with Crippen molar-refractivity contribution in [3.05, 3.63) is 86.1 Å². The second-order valence-electron chi connectivity index (χ2n) is 5.76. The molecule has 7 nitrogen and oxygen atoms in total. The van der Waals surface area contributed by atoms with Crippen molar-refractivity contribution in [1.29, 1.82) is 0 Å². The standard InChI is InChI=1S/C18H14ClN3O4/c1-10-15(17(23)11-5-7-13(19)8-6-11)16(21-18(24)20-10)12-3-2-4-14(9-12)22(25)26/h2-9,16H,1H3,(H2,20,21,24)/t16-/m1/s1. The molecule has 0 fully saturated rings. The van der Waals surface area contributed by atoms with Gasteiger partial charge >= 0.3 is 6.03 Å². The molecule has 132 valence electrons. The molecule has 2 N–H and O–H groups in total. The van der Waals surface area contributed by atoms with Crippen LogP contribution >= 0.6 is 11.6 Å². The fraction of sp³-hybridized carbons (Fsp3) is 0.111. The number of Topliss-reactive ketones (excluding diaryl/α,β-unsaturated/α-hetero) is 1. The first kappa shape index (κ1) is 17.6. The summed E-state index contributed by atoms with van der Waals surface area (Å²) in [5.74, 6) is -0.303. The summed E-state index contributed by atoms with van der Waals surface area (Å²) in [4.78, 5) is 35.4. The molecule has 1 aliphatic heterocycles. The van der Waals surface area contributed by atoms with E-state index in [9.17, 15) is 19.7 Å². The first-order valence-corrected chi connectivity index (χ1v) is 8.07. The number of urea groups is 1. The zero-order valence-electron chi connectivity index (χ0n) is 13.7. The number of amides is 2. The lowest BCUT2D eigenvalue weighted by atomic mass is 9.89. The number of non-ortho nitro benzene ring substituents is 1. The quantitative estimate of drug-likeness (QED) is 0.485. The van der Waals surface area contributed by atoms with Gasteiger partial charge in [-0.1, -0.05) is 23.7 Å². The Morgan fingerprint density at radius 1 is 1.19 bits per heavy atom. The topological polar surface area (TPSA) is 101 Å². The van der Waals surface area contributed by atoms with Crippen molar-refractivity contribution in [2.75, 3.05) is 0 Å². The minimum Gasteiger partial charge on any atom is -0.327 e. The zero-order valence-corrected chi connectivity index (χ0v) is 14.4. The van der Waals surface area contributed by atoms with Crippen molar-refractivity contribution in [2.45, 2.75) is 13.0 Å². The average molecular weight is 372 g/mol. The summed E-state index contributed by atoms with van der Waals surface area (Å²) in [5.41, 5.74) is 1.44. The largest absolute Gasteiger partial charge is 0.327 e. The van der Waals surface area contributed by atoms with Crippen LogP contribution in [0.5, 0.6) is 0 Å². The molecule has 2 aromatic rings. The molecule has 0 saturated heterocycles. The Morgan fingerprint density at radius 2 is 1.88 bits per heavy atom. The van der Waals surface area contributed by atoms with Gasteiger partial charge in [-0.2, -0.15) is 0 Å². The van der Waals surface area contributed by atoms with Crippen LogP contribution in [0.15, 0.2) is 59.8 Å². The summed E-state index contributed by atoms with van der Waals surface area (Å²) in [6.45, 7) is 1.62. The minimum absolute atomic E-state index is 0.119. The van der Waals surface area contributed by atoms with Crippen molar-refractivity contribution in [2.24, 2.45) is 0 Å².